The van der Waals surface area contributed by atoms with Gasteiger partial charge in [0.15, 0.2) is 0 Å². The van der Waals surface area contributed by atoms with Gasteiger partial charge in [-0.15, -0.1) is 0 Å². The van der Waals surface area contributed by atoms with E-state index in [0.29, 0.717) is 51.0 Å². The number of piperazine rings is 1. The van der Waals surface area contributed by atoms with Crippen molar-refractivity contribution in [1.29, 1.82) is 0 Å². The Morgan fingerprint density at radius 3 is 2.31 bits per heavy atom. The maximum Gasteiger partial charge on any atom is 0.253 e. The summed E-state index contributed by atoms with van der Waals surface area (Å²) in [6, 6.07) is 6.86. The first-order valence-electron chi connectivity index (χ1n) is 9.11. The van der Waals surface area contributed by atoms with E-state index in [-0.39, 0.29) is 10.8 Å². The van der Waals surface area contributed by atoms with E-state index in [9.17, 15) is 13.2 Å². The highest BCUT2D eigenvalue weighted by molar-refractivity contribution is 7.89. The van der Waals surface area contributed by atoms with Crippen molar-refractivity contribution in [3.8, 4) is 0 Å². The molecule has 26 heavy (non-hydrogen) atoms. The molecule has 2 saturated heterocycles. The van der Waals surface area contributed by atoms with Crippen LogP contribution in [0.25, 0.3) is 0 Å². The van der Waals surface area contributed by atoms with Gasteiger partial charge in [-0.1, -0.05) is 6.07 Å². The normalized spacial score (nSPS) is 20.5. The van der Waals surface area contributed by atoms with Crippen LogP contribution in [0.1, 0.15) is 24.2 Å². The third-order valence-corrected chi connectivity index (χ3v) is 6.92. The Balaban J connectivity index is 1.74. The minimum absolute atomic E-state index is 0.104. The summed E-state index contributed by atoms with van der Waals surface area (Å²) in [6.45, 7) is 8.81. The molecule has 8 heteroatoms. The van der Waals surface area contributed by atoms with Gasteiger partial charge >= 0.3 is 0 Å². The highest BCUT2D eigenvalue weighted by Crippen LogP contribution is 2.20. The van der Waals surface area contributed by atoms with E-state index in [2.05, 4.69) is 18.7 Å². The van der Waals surface area contributed by atoms with E-state index in [1.807, 2.05) is 0 Å². The molecule has 2 fully saturated rings. The Bertz CT molecular complexity index is 737. The number of nitrogens with zero attached hydrogens (tertiary/aromatic N) is 3. The van der Waals surface area contributed by atoms with Crippen LogP contribution in [0.4, 0.5) is 0 Å². The van der Waals surface area contributed by atoms with Crippen LogP contribution in [-0.2, 0) is 14.8 Å². The van der Waals surface area contributed by atoms with Crippen LogP contribution < -0.4 is 0 Å². The van der Waals surface area contributed by atoms with Gasteiger partial charge in [0.25, 0.3) is 5.91 Å². The molecule has 0 atom stereocenters. The first kappa shape index (κ1) is 19.3. The number of amides is 1. The third kappa shape index (κ3) is 4.09. The van der Waals surface area contributed by atoms with Crippen molar-refractivity contribution in [1.82, 2.24) is 14.1 Å². The van der Waals surface area contributed by atoms with Crippen LogP contribution >= 0.6 is 0 Å². The summed E-state index contributed by atoms with van der Waals surface area (Å²) in [5.74, 6) is -0.104. The SMILES string of the molecule is CC(C)N1CCN(C(=O)c2cccc(S(=O)(=O)N3CCOCC3)c2)CC1. The summed E-state index contributed by atoms with van der Waals surface area (Å²) < 4.78 is 32.2. The third-order valence-electron chi connectivity index (χ3n) is 5.02. The second kappa shape index (κ2) is 8.04. The van der Waals surface area contributed by atoms with Crippen LogP contribution in [0.2, 0.25) is 0 Å². The molecule has 2 aliphatic heterocycles. The van der Waals surface area contributed by atoms with Gasteiger partial charge in [-0.25, -0.2) is 8.42 Å². The fourth-order valence-electron chi connectivity index (χ4n) is 3.35. The van der Waals surface area contributed by atoms with Gasteiger partial charge in [-0.3, -0.25) is 9.69 Å². The number of hydrogen-bond donors (Lipinski definition) is 0. The molecule has 0 aliphatic carbocycles. The minimum atomic E-state index is -3.59. The van der Waals surface area contributed by atoms with Crippen molar-refractivity contribution in [3.05, 3.63) is 29.8 Å². The molecule has 0 aromatic heterocycles. The Morgan fingerprint density at radius 1 is 1.04 bits per heavy atom. The highest BCUT2D eigenvalue weighted by atomic mass is 32.2. The van der Waals surface area contributed by atoms with Gasteiger partial charge in [0, 0.05) is 50.9 Å². The summed E-state index contributed by atoms with van der Waals surface area (Å²) in [6.07, 6.45) is 0. The van der Waals surface area contributed by atoms with E-state index < -0.39 is 10.0 Å². The standard InChI is InChI=1S/C18H27N3O4S/c1-15(2)19-6-8-20(9-7-19)18(22)16-4-3-5-17(14-16)26(23,24)21-10-12-25-13-11-21/h3-5,14-15H,6-13H2,1-2H3. The molecule has 1 amide bonds. The molecule has 1 aromatic rings. The number of morpholine rings is 1. The van der Waals surface area contributed by atoms with Gasteiger partial charge in [0.05, 0.1) is 18.1 Å². The Hall–Kier alpha value is -1.48. The Kier molecular flexibility index (Phi) is 5.96. The smallest absolute Gasteiger partial charge is 0.253 e. The summed E-state index contributed by atoms with van der Waals surface area (Å²) in [7, 11) is -3.59. The van der Waals surface area contributed by atoms with E-state index in [1.54, 1.807) is 23.1 Å². The zero-order valence-electron chi connectivity index (χ0n) is 15.4. The summed E-state index contributed by atoms with van der Waals surface area (Å²) in [4.78, 5) is 17.1. The molecule has 0 radical (unpaired) electrons. The second-order valence-electron chi connectivity index (χ2n) is 6.97. The lowest BCUT2D eigenvalue weighted by molar-refractivity contribution is 0.0595. The first-order valence-corrected chi connectivity index (χ1v) is 10.5. The number of hydrogen-bond acceptors (Lipinski definition) is 5. The van der Waals surface area contributed by atoms with Crippen molar-refractivity contribution in [2.75, 3.05) is 52.5 Å². The Labute approximate surface area is 155 Å². The molecule has 7 nitrogen and oxygen atoms in total. The molecular weight excluding hydrogens is 354 g/mol. The van der Waals surface area contributed by atoms with Crippen LogP contribution in [0.3, 0.4) is 0 Å². The Morgan fingerprint density at radius 2 is 1.69 bits per heavy atom. The van der Waals surface area contributed by atoms with Crippen LogP contribution in [0, 0.1) is 0 Å². The summed E-state index contributed by atoms with van der Waals surface area (Å²) in [5, 5.41) is 0. The maximum absolute atomic E-state index is 12.8. The molecule has 1 aromatic carbocycles. The van der Waals surface area contributed by atoms with Gasteiger partial charge in [-0.05, 0) is 32.0 Å². The molecule has 0 bridgehead atoms. The maximum atomic E-state index is 12.8. The number of ether oxygens (including phenoxy) is 1. The molecule has 3 rings (SSSR count). The quantitative estimate of drug-likeness (QED) is 0.774. The van der Waals surface area contributed by atoms with Crippen LogP contribution in [0.15, 0.2) is 29.2 Å². The van der Waals surface area contributed by atoms with Gasteiger partial charge < -0.3 is 9.64 Å². The minimum Gasteiger partial charge on any atom is -0.379 e. The molecule has 2 heterocycles. The van der Waals surface area contributed by atoms with Gasteiger partial charge in [-0.2, -0.15) is 4.31 Å². The van der Waals surface area contributed by atoms with Crippen LogP contribution in [-0.4, -0.2) is 87.0 Å². The fraction of sp³-hybridized carbons (Fsp3) is 0.611. The van der Waals surface area contributed by atoms with Crippen molar-refractivity contribution < 1.29 is 17.9 Å². The average molecular weight is 381 g/mol. The average Bonchev–Trinajstić information content (AvgIpc) is 2.68. The van der Waals surface area contributed by atoms with Gasteiger partial charge in [0.2, 0.25) is 10.0 Å². The summed E-state index contributed by atoms with van der Waals surface area (Å²) in [5.41, 5.74) is 0.428. The number of carbonyl (C=O) groups is 1. The highest BCUT2D eigenvalue weighted by Gasteiger charge is 2.28. The number of carbonyl (C=O) groups excluding carboxylic acids is 1. The van der Waals surface area contributed by atoms with Crippen molar-refractivity contribution in [2.24, 2.45) is 0 Å². The second-order valence-corrected chi connectivity index (χ2v) is 8.90. The molecule has 0 N–H and O–H groups in total. The monoisotopic (exact) mass is 381 g/mol. The lowest BCUT2D eigenvalue weighted by Gasteiger charge is -2.37. The lowest BCUT2D eigenvalue weighted by Crippen LogP contribution is -2.50. The first-order chi connectivity index (χ1) is 12.4. The fourth-order valence-corrected chi connectivity index (χ4v) is 4.80. The van der Waals surface area contributed by atoms with E-state index in [4.69, 9.17) is 4.74 Å². The molecule has 0 unspecified atom stereocenters. The van der Waals surface area contributed by atoms with Crippen molar-refractivity contribution >= 4 is 15.9 Å². The number of rotatable bonds is 4. The predicted molar refractivity (Wildman–Crippen MR) is 98.6 cm³/mol. The molecule has 0 spiro atoms. The zero-order valence-corrected chi connectivity index (χ0v) is 16.2. The van der Waals surface area contributed by atoms with Crippen molar-refractivity contribution in [3.63, 3.8) is 0 Å². The molecule has 0 saturated carbocycles. The number of sulfonamides is 1. The predicted octanol–water partition coefficient (Wildman–Crippen LogP) is 0.874. The van der Waals surface area contributed by atoms with E-state index >= 15 is 0 Å². The largest absolute Gasteiger partial charge is 0.379 e. The molecule has 144 valence electrons. The van der Waals surface area contributed by atoms with Crippen molar-refractivity contribution in [2.45, 2.75) is 24.8 Å². The lowest BCUT2D eigenvalue weighted by atomic mass is 10.1. The molecular formula is C18H27N3O4S. The van der Waals surface area contributed by atoms with E-state index in [1.165, 1.54) is 10.4 Å². The summed E-state index contributed by atoms with van der Waals surface area (Å²) >= 11 is 0. The topological polar surface area (TPSA) is 70.2 Å². The number of benzene rings is 1. The molecule has 2 aliphatic rings. The van der Waals surface area contributed by atoms with E-state index in [0.717, 1.165) is 13.1 Å². The van der Waals surface area contributed by atoms with Crippen LogP contribution in [0.5, 0.6) is 0 Å². The zero-order chi connectivity index (χ0) is 18.7. The van der Waals surface area contributed by atoms with Gasteiger partial charge in [0.1, 0.15) is 0 Å².